The third-order valence-electron chi connectivity index (χ3n) is 2.33. The zero-order chi connectivity index (χ0) is 12.1. The average Bonchev–Trinajstić information content (AvgIpc) is 2.26. The fourth-order valence-corrected chi connectivity index (χ4v) is 1.94. The molecular formula is C12H16BrNO2. The molecule has 1 N–H and O–H groups in total. The maximum atomic E-state index is 11.2. The monoisotopic (exact) mass is 285 g/mol. The molecule has 1 rings (SSSR count). The van der Waals surface area contributed by atoms with Crippen molar-refractivity contribution in [2.75, 3.05) is 19.0 Å². The van der Waals surface area contributed by atoms with Gasteiger partial charge < -0.3 is 10.1 Å². The Bertz CT molecular complexity index is 379. The lowest BCUT2D eigenvalue weighted by atomic mass is 10.1. The molecule has 0 saturated carbocycles. The lowest BCUT2D eigenvalue weighted by molar-refractivity contribution is -0.144. The normalized spacial score (nSPS) is 12.0. The lowest BCUT2D eigenvalue weighted by Gasteiger charge is -2.13. The van der Waals surface area contributed by atoms with Crippen molar-refractivity contribution in [3.05, 3.63) is 28.2 Å². The minimum absolute atomic E-state index is 0.154. The molecule has 16 heavy (non-hydrogen) atoms. The van der Waals surface area contributed by atoms with Crippen LogP contribution in [0.15, 0.2) is 22.7 Å². The minimum atomic E-state index is -0.198. The molecule has 0 bridgehead atoms. The number of benzene rings is 1. The molecule has 1 unspecified atom stereocenters. The van der Waals surface area contributed by atoms with E-state index in [9.17, 15) is 4.79 Å². The molecule has 0 aliphatic carbocycles. The van der Waals surface area contributed by atoms with Gasteiger partial charge in [0.25, 0.3) is 0 Å². The minimum Gasteiger partial charge on any atom is -0.469 e. The van der Waals surface area contributed by atoms with E-state index in [0.717, 1.165) is 10.2 Å². The molecule has 0 heterocycles. The van der Waals surface area contributed by atoms with E-state index in [1.165, 1.54) is 12.7 Å². The van der Waals surface area contributed by atoms with Crippen LogP contribution in [0.3, 0.4) is 0 Å². The second kappa shape index (κ2) is 5.89. The topological polar surface area (TPSA) is 38.3 Å². The zero-order valence-corrected chi connectivity index (χ0v) is 11.3. The number of hydrogen-bond donors (Lipinski definition) is 1. The number of ether oxygens (including phenoxy) is 1. The van der Waals surface area contributed by atoms with Crippen LogP contribution in [0, 0.1) is 12.8 Å². The number of hydrogen-bond acceptors (Lipinski definition) is 3. The predicted molar refractivity (Wildman–Crippen MR) is 68.5 cm³/mol. The van der Waals surface area contributed by atoms with Crippen LogP contribution in [-0.2, 0) is 9.53 Å². The molecule has 0 saturated heterocycles. The predicted octanol–water partition coefficient (Wildman–Crippen LogP) is 2.98. The molecule has 0 amide bonds. The Balaban J connectivity index is 2.58. The molecule has 3 nitrogen and oxygen atoms in total. The average molecular weight is 286 g/mol. The maximum absolute atomic E-state index is 11.2. The number of carbonyl (C=O) groups is 1. The van der Waals surface area contributed by atoms with Gasteiger partial charge in [-0.3, -0.25) is 4.79 Å². The summed E-state index contributed by atoms with van der Waals surface area (Å²) >= 11 is 3.47. The molecule has 0 aliphatic heterocycles. The van der Waals surface area contributed by atoms with Gasteiger partial charge in [-0.05, 0) is 40.5 Å². The molecule has 88 valence electrons. The van der Waals surface area contributed by atoms with E-state index in [4.69, 9.17) is 0 Å². The van der Waals surface area contributed by atoms with Crippen molar-refractivity contribution >= 4 is 27.6 Å². The summed E-state index contributed by atoms with van der Waals surface area (Å²) in [6, 6.07) is 6.05. The highest BCUT2D eigenvalue weighted by molar-refractivity contribution is 9.10. The molecule has 0 aliphatic rings. The standard InChI is InChI=1S/C12H16BrNO2/c1-8-4-5-11(10(13)6-8)14-7-9(2)12(15)16-3/h4-6,9,14H,7H2,1-3H3. The summed E-state index contributed by atoms with van der Waals surface area (Å²) in [6.07, 6.45) is 0. The highest BCUT2D eigenvalue weighted by atomic mass is 79.9. The number of methoxy groups -OCH3 is 1. The van der Waals surface area contributed by atoms with Crippen LogP contribution in [0.1, 0.15) is 12.5 Å². The van der Waals surface area contributed by atoms with Crippen LogP contribution in [0.4, 0.5) is 5.69 Å². The van der Waals surface area contributed by atoms with Gasteiger partial charge in [-0.1, -0.05) is 13.0 Å². The first kappa shape index (κ1) is 13.0. The number of esters is 1. The quantitative estimate of drug-likeness (QED) is 0.865. The summed E-state index contributed by atoms with van der Waals surface area (Å²) in [6.45, 7) is 4.43. The van der Waals surface area contributed by atoms with E-state index in [1.807, 2.05) is 32.0 Å². The first-order chi connectivity index (χ1) is 7.54. The summed E-state index contributed by atoms with van der Waals surface area (Å²) in [4.78, 5) is 11.2. The Morgan fingerprint density at radius 3 is 2.81 bits per heavy atom. The van der Waals surface area contributed by atoms with Crippen molar-refractivity contribution in [2.45, 2.75) is 13.8 Å². The number of halogens is 1. The van der Waals surface area contributed by atoms with E-state index in [2.05, 4.69) is 26.0 Å². The van der Waals surface area contributed by atoms with E-state index >= 15 is 0 Å². The zero-order valence-electron chi connectivity index (χ0n) is 9.71. The molecule has 0 spiro atoms. The summed E-state index contributed by atoms with van der Waals surface area (Å²) < 4.78 is 5.66. The SMILES string of the molecule is COC(=O)C(C)CNc1ccc(C)cc1Br. The van der Waals surface area contributed by atoms with Gasteiger partial charge in [0.2, 0.25) is 0 Å². The second-order valence-electron chi connectivity index (χ2n) is 3.79. The molecule has 0 aromatic heterocycles. The van der Waals surface area contributed by atoms with E-state index in [1.54, 1.807) is 0 Å². The number of rotatable bonds is 4. The van der Waals surface area contributed by atoms with Crippen LogP contribution < -0.4 is 5.32 Å². The summed E-state index contributed by atoms with van der Waals surface area (Å²) in [5.41, 5.74) is 2.18. The van der Waals surface area contributed by atoms with Crippen molar-refractivity contribution in [1.29, 1.82) is 0 Å². The van der Waals surface area contributed by atoms with Gasteiger partial charge in [0, 0.05) is 16.7 Å². The van der Waals surface area contributed by atoms with Crippen LogP contribution in [-0.4, -0.2) is 19.6 Å². The maximum Gasteiger partial charge on any atom is 0.310 e. The number of anilines is 1. The van der Waals surface area contributed by atoms with Gasteiger partial charge in [-0.15, -0.1) is 0 Å². The summed E-state index contributed by atoms with van der Waals surface area (Å²) in [5, 5.41) is 3.21. The Hall–Kier alpha value is -1.03. The fourth-order valence-electron chi connectivity index (χ4n) is 1.31. The Morgan fingerprint density at radius 1 is 1.56 bits per heavy atom. The first-order valence-corrected chi connectivity index (χ1v) is 5.91. The number of nitrogens with one attached hydrogen (secondary N) is 1. The molecule has 4 heteroatoms. The summed E-state index contributed by atoms with van der Waals surface area (Å²) in [5.74, 6) is -0.353. The van der Waals surface area contributed by atoms with Gasteiger partial charge in [0.15, 0.2) is 0 Å². The molecule has 0 radical (unpaired) electrons. The van der Waals surface area contributed by atoms with Crippen molar-refractivity contribution in [2.24, 2.45) is 5.92 Å². The van der Waals surface area contributed by atoms with Crippen molar-refractivity contribution in [1.82, 2.24) is 0 Å². The largest absolute Gasteiger partial charge is 0.469 e. The van der Waals surface area contributed by atoms with E-state index in [-0.39, 0.29) is 11.9 Å². The van der Waals surface area contributed by atoms with Crippen LogP contribution in [0.5, 0.6) is 0 Å². The molecule has 0 fully saturated rings. The van der Waals surface area contributed by atoms with Crippen molar-refractivity contribution in [3.63, 3.8) is 0 Å². The summed E-state index contributed by atoms with van der Waals surface area (Å²) in [7, 11) is 1.40. The Kier molecular flexibility index (Phi) is 4.80. The van der Waals surface area contributed by atoms with Gasteiger partial charge in [0.1, 0.15) is 0 Å². The lowest BCUT2D eigenvalue weighted by Crippen LogP contribution is -2.21. The second-order valence-corrected chi connectivity index (χ2v) is 4.64. The highest BCUT2D eigenvalue weighted by Crippen LogP contribution is 2.23. The third-order valence-corrected chi connectivity index (χ3v) is 2.98. The van der Waals surface area contributed by atoms with Crippen LogP contribution in [0.2, 0.25) is 0 Å². The highest BCUT2D eigenvalue weighted by Gasteiger charge is 2.12. The van der Waals surface area contributed by atoms with E-state index in [0.29, 0.717) is 6.54 Å². The van der Waals surface area contributed by atoms with Crippen molar-refractivity contribution < 1.29 is 9.53 Å². The number of aryl methyl sites for hydroxylation is 1. The van der Waals surface area contributed by atoms with Crippen LogP contribution >= 0.6 is 15.9 Å². The number of carbonyl (C=O) groups excluding carboxylic acids is 1. The Morgan fingerprint density at radius 2 is 2.25 bits per heavy atom. The van der Waals surface area contributed by atoms with Crippen molar-refractivity contribution in [3.8, 4) is 0 Å². The smallest absolute Gasteiger partial charge is 0.310 e. The fraction of sp³-hybridized carbons (Fsp3) is 0.417. The van der Waals surface area contributed by atoms with E-state index < -0.39 is 0 Å². The third kappa shape index (κ3) is 3.52. The van der Waals surface area contributed by atoms with Crippen LogP contribution in [0.25, 0.3) is 0 Å². The van der Waals surface area contributed by atoms with Gasteiger partial charge in [-0.25, -0.2) is 0 Å². The molecule has 1 aromatic carbocycles. The van der Waals surface area contributed by atoms with Gasteiger partial charge in [-0.2, -0.15) is 0 Å². The van der Waals surface area contributed by atoms with Gasteiger partial charge in [0.05, 0.1) is 13.0 Å². The van der Waals surface area contributed by atoms with Gasteiger partial charge >= 0.3 is 5.97 Å². The molecule has 1 atom stereocenters. The molecule has 1 aromatic rings. The Labute approximate surface area is 104 Å². The first-order valence-electron chi connectivity index (χ1n) is 5.12. The molecular weight excluding hydrogens is 270 g/mol.